The first kappa shape index (κ1) is 42.8. The highest BCUT2D eigenvalue weighted by Crippen LogP contribution is 2.57. The molecule has 50 heavy (non-hydrogen) atoms. The summed E-state index contributed by atoms with van der Waals surface area (Å²) in [6, 6.07) is 0. The lowest BCUT2D eigenvalue weighted by Gasteiger charge is -2.44. The minimum Gasteiger partial charge on any atom is -0.394 e. The van der Waals surface area contributed by atoms with E-state index < -0.39 is 53.7 Å². The Labute approximate surface area is 297 Å². The summed E-state index contributed by atoms with van der Waals surface area (Å²) in [5.74, 6) is 0. The third kappa shape index (κ3) is 10.6. The summed E-state index contributed by atoms with van der Waals surface area (Å²) in [7, 11) is -0.508. The van der Waals surface area contributed by atoms with Gasteiger partial charge in [-0.2, -0.15) is 0 Å². The van der Waals surface area contributed by atoms with E-state index in [0.29, 0.717) is 32.7 Å². The van der Waals surface area contributed by atoms with E-state index in [9.17, 15) is 23.9 Å². The molecule has 0 radical (unpaired) electrons. The molecule has 4 rings (SSSR count). The Morgan fingerprint density at radius 2 is 1.12 bits per heavy atom. The number of ether oxygens (including phenoxy) is 4. The van der Waals surface area contributed by atoms with E-state index in [4.69, 9.17) is 32.5 Å². The topological polar surface area (TPSA) is 188 Å². The number of hydrogen-bond acceptors (Lipinski definition) is 13. The van der Waals surface area contributed by atoms with Gasteiger partial charge in [-0.3, -0.25) is 13.7 Å². The minimum absolute atomic E-state index is 0.0206. The van der Waals surface area contributed by atoms with Gasteiger partial charge in [0.15, 0.2) is 6.29 Å². The Morgan fingerprint density at radius 1 is 0.660 bits per heavy atom. The number of rotatable bonds is 16. The quantitative estimate of drug-likeness (QED) is 0.181. The van der Waals surface area contributed by atoms with Crippen LogP contribution in [0, 0.1) is 0 Å². The molecule has 0 aromatic carbocycles. The minimum atomic E-state index is -3.61. The molecule has 4 heterocycles. The van der Waals surface area contributed by atoms with Crippen molar-refractivity contribution in [2.45, 2.75) is 56.8 Å². The van der Waals surface area contributed by atoms with Gasteiger partial charge in [-0.25, -0.2) is 28.0 Å². The maximum absolute atomic E-state index is 14.6. The van der Waals surface area contributed by atoms with Crippen LogP contribution in [-0.2, 0) is 46.2 Å². The van der Waals surface area contributed by atoms with Crippen LogP contribution in [0.1, 0.15) is 13.8 Å². The molecule has 10 atom stereocenters. The summed E-state index contributed by atoms with van der Waals surface area (Å²) in [5, 5.41) is 22.6. The van der Waals surface area contributed by atoms with Crippen LogP contribution >= 0.6 is 23.0 Å². The average Bonchev–Trinajstić information content (AvgIpc) is 3.07. The van der Waals surface area contributed by atoms with Crippen molar-refractivity contribution in [3.63, 3.8) is 0 Å². The molecule has 3 unspecified atom stereocenters. The molecule has 0 amide bonds. The van der Waals surface area contributed by atoms with Crippen molar-refractivity contribution < 1.29 is 56.4 Å². The summed E-state index contributed by atoms with van der Waals surface area (Å²) in [5.41, 5.74) is 0. The zero-order chi connectivity index (χ0) is 36.9. The Kier molecular flexibility index (Phi) is 15.9. The first-order valence-electron chi connectivity index (χ1n) is 17.1. The van der Waals surface area contributed by atoms with Gasteiger partial charge in [0.1, 0.15) is 0 Å². The van der Waals surface area contributed by atoms with E-state index >= 15 is 0 Å². The van der Waals surface area contributed by atoms with E-state index in [0.717, 1.165) is 0 Å². The molecule has 0 aromatic heterocycles. The van der Waals surface area contributed by atoms with Crippen molar-refractivity contribution >= 4 is 23.0 Å². The Hall–Kier alpha value is 0.0500. The molecular weight excluding hydrogens is 719 g/mol. The molecule has 0 bridgehead atoms. The van der Waals surface area contributed by atoms with Crippen molar-refractivity contribution in [1.82, 2.24) is 33.3 Å². The molecule has 4 aliphatic rings. The Bertz CT molecular complexity index is 1220. The SMILES string of the molecule is C[C@H]1CN(P(=O)(OC[C@@H]2CN(P(=O)(OC[C@@H]3CN(P(=O)(OC[C@@H]4CNC[C@H](O)O4)N(C)C)CCO3)N(C)C)C[C@H](C)O2)N(C)C)C[C@@H](CO)O1. The number of aliphatic hydroxyl groups is 2. The number of morpholine rings is 4. The smallest absolute Gasteiger partial charge is 0.345 e. The lowest BCUT2D eigenvalue weighted by molar-refractivity contribution is -0.160. The van der Waals surface area contributed by atoms with Crippen LogP contribution in [-0.4, -0.2) is 209 Å². The van der Waals surface area contributed by atoms with E-state index in [1.54, 1.807) is 70.3 Å². The molecule has 0 aromatic rings. The third-order valence-corrected chi connectivity index (χ3v) is 16.5. The standard InChI is InChI=1S/C28H60N7O12P3/c1-22-13-34(15-25(18-36)45-22)49(39,31(5)6)44-21-27-17-35(14-23(2)46-27)50(40,32(7)8)43-20-26-16-33(9-10-41-26)48(38,30(3)4)42-19-24-11-29-12-28(37)47-24/h22-29,36-37H,9-21H2,1-8H3/t22-,23-,24-,25-,26-,27-,28+,48?,49?,50?/m0/s1. The predicted molar refractivity (Wildman–Crippen MR) is 186 cm³/mol. The zero-order valence-electron chi connectivity index (χ0n) is 30.7. The van der Waals surface area contributed by atoms with E-state index in [1.165, 1.54) is 0 Å². The van der Waals surface area contributed by atoms with Crippen molar-refractivity contribution in [3.8, 4) is 0 Å². The number of β-amino-alcohol motifs (C(OH)–C–C–N with tert-alkyl or cyclic N) is 1. The maximum Gasteiger partial charge on any atom is 0.345 e. The van der Waals surface area contributed by atoms with Gasteiger partial charge in [0.05, 0.1) is 69.7 Å². The lowest BCUT2D eigenvalue weighted by atomic mass is 10.2. The summed E-state index contributed by atoms with van der Waals surface area (Å²) in [6.07, 6.45) is -3.58. The highest BCUT2D eigenvalue weighted by atomic mass is 31.2. The van der Waals surface area contributed by atoms with Gasteiger partial charge in [-0.05, 0) is 56.1 Å². The van der Waals surface area contributed by atoms with Crippen molar-refractivity contribution in [2.24, 2.45) is 0 Å². The van der Waals surface area contributed by atoms with Crippen LogP contribution in [0.25, 0.3) is 0 Å². The first-order chi connectivity index (χ1) is 23.5. The second-order valence-corrected chi connectivity index (χ2v) is 21.6. The highest BCUT2D eigenvalue weighted by Gasteiger charge is 2.45. The number of hydrogen-bond donors (Lipinski definition) is 3. The largest absolute Gasteiger partial charge is 0.394 e. The van der Waals surface area contributed by atoms with Crippen LogP contribution in [0.4, 0.5) is 0 Å². The van der Waals surface area contributed by atoms with E-state index in [1.807, 2.05) is 13.8 Å². The molecular formula is C28H60N7O12P3. The average molecular weight is 780 g/mol. The molecule has 294 valence electrons. The zero-order valence-corrected chi connectivity index (χ0v) is 33.4. The summed E-state index contributed by atoms with van der Waals surface area (Å²) >= 11 is 0. The molecule has 22 heteroatoms. The molecule has 0 spiro atoms. The highest BCUT2D eigenvalue weighted by molar-refractivity contribution is 7.54. The second-order valence-electron chi connectivity index (χ2n) is 13.7. The van der Waals surface area contributed by atoms with Gasteiger partial charge in [-0.15, -0.1) is 0 Å². The van der Waals surface area contributed by atoms with Crippen molar-refractivity contribution in [2.75, 3.05) is 128 Å². The number of nitrogens with one attached hydrogen (secondary N) is 1. The summed E-state index contributed by atoms with van der Waals surface area (Å²) in [6.45, 7) is 6.25. The second kappa shape index (κ2) is 18.6. The monoisotopic (exact) mass is 779 g/mol. The van der Waals surface area contributed by atoms with Crippen LogP contribution in [0.5, 0.6) is 0 Å². The molecule has 19 nitrogen and oxygen atoms in total. The Morgan fingerprint density at radius 3 is 1.64 bits per heavy atom. The van der Waals surface area contributed by atoms with Crippen molar-refractivity contribution in [1.29, 1.82) is 0 Å². The van der Waals surface area contributed by atoms with Gasteiger partial charge in [0, 0.05) is 52.4 Å². The van der Waals surface area contributed by atoms with Crippen LogP contribution < -0.4 is 5.32 Å². The lowest BCUT2D eigenvalue weighted by Crippen LogP contribution is -2.50. The van der Waals surface area contributed by atoms with Gasteiger partial charge in [0.2, 0.25) is 0 Å². The Balaban J connectivity index is 1.38. The molecule has 0 aliphatic carbocycles. The molecule has 0 saturated carbocycles. The van der Waals surface area contributed by atoms with Gasteiger partial charge in [0.25, 0.3) is 0 Å². The van der Waals surface area contributed by atoms with Gasteiger partial charge in [-0.1, -0.05) is 0 Å². The van der Waals surface area contributed by atoms with Crippen molar-refractivity contribution in [3.05, 3.63) is 0 Å². The molecule has 4 fully saturated rings. The summed E-state index contributed by atoms with van der Waals surface area (Å²) in [4.78, 5) is 0. The third-order valence-electron chi connectivity index (χ3n) is 8.85. The summed E-state index contributed by atoms with van der Waals surface area (Å²) < 4.78 is 94.5. The fourth-order valence-corrected chi connectivity index (χ4v) is 12.5. The first-order valence-corrected chi connectivity index (χ1v) is 21.7. The number of aliphatic hydroxyl groups excluding tert-OH is 2. The van der Waals surface area contributed by atoms with Crippen LogP contribution in [0.15, 0.2) is 0 Å². The predicted octanol–water partition coefficient (Wildman–Crippen LogP) is 0.224. The maximum atomic E-state index is 14.6. The van der Waals surface area contributed by atoms with Crippen LogP contribution in [0.2, 0.25) is 0 Å². The molecule has 3 N–H and O–H groups in total. The van der Waals surface area contributed by atoms with Gasteiger partial charge < -0.3 is 48.0 Å². The van der Waals surface area contributed by atoms with E-state index in [2.05, 4.69) is 5.32 Å². The van der Waals surface area contributed by atoms with E-state index in [-0.39, 0.29) is 64.9 Å². The molecule has 4 saturated heterocycles. The normalized spacial score (nSPS) is 34.9. The fraction of sp³-hybridized carbons (Fsp3) is 1.00. The number of nitrogens with zero attached hydrogens (tertiary/aromatic N) is 6. The van der Waals surface area contributed by atoms with Gasteiger partial charge >= 0.3 is 23.0 Å². The molecule has 4 aliphatic heterocycles. The van der Waals surface area contributed by atoms with Crippen LogP contribution in [0.3, 0.4) is 0 Å². The fourth-order valence-electron chi connectivity index (χ4n) is 6.36.